The molecule has 1 aromatic carbocycles. The number of rotatable bonds is 4. The average Bonchev–Trinajstić information content (AvgIpc) is 2.18. The standard InChI is InChI=1S/C12H17NO2/c1-4-5-10-8-11(13-9(2)14)6-7-12(10)15-3/h6-8H,4-5H2,1-3H3,(H,13,14). The van der Waals surface area contributed by atoms with Gasteiger partial charge in [-0.2, -0.15) is 0 Å². The van der Waals surface area contributed by atoms with Crippen LogP contribution in [0.4, 0.5) is 5.69 Å². The summed E-state index contributed by atoms with van der Waals surface area (Å²) in [6, 6.07) is 5.69. The molecular weight excluding hydrogens is 190 g/mol. The zero-order chi connectivity index (χ0) is 11.3. The van der Waals surface area contributed by atoms with Crippen LogP contribution < -0.4 is 10.1 Å². The highest BCUT2D eigenvalue weighted by Gasteiger charge is 2.04. The Morgan fingerprint density at radius 2 is 2.20 bits per heavy atom. The highest BCUT2D eigenvalue weighted by atomic mass is 16.5. The average molecular weight is 207 g/mol. The normalized spacial score (nSPS) is 9.80. The molecule has 3 nitrogen and oxygen atoms in total. The maximum Gasteiger partial charge on any atom is 0.221 e. The molecule has 0 unspecified atom stereocenters. The van der Waals surface area contributed by atoms with Gasteiger partial charge >= 0.3 is 0 Å². The lowest BCUT2D eigenvalue weighted by Crippen LogP contribution is -2.06. The van der Waals surface area contributed by atoms with E-state index in [9.17, 15) is 4.79 Å². The van der Waals surface area contributed by atoms with Crippen molar-refractivity contribution in [3.8, 4) is 5.75 Å². The summed E-state index contributed by atoms with van der Waals surface area (Å²) in [4.78, 5) is 10.9. The van der Waals surface area contributed by atoms with Crippen LogP contribution in [0.3, 0.4) is 0 Å². The number of benzene rings is 1. The Kier molecular flexibility index (Phi) is 4.16. The zero-order valence-electron chi connectivity index (χ0n) is 9.46. The fraction of sp³-hybridized carbons (Fsp3) is 0.417. The fourth-order valence-corrected chi connectivity index (χ4v) is 1.52. The molecule has 0 aliphatic rings. The molecule has 1 rings (SSSR count). The lowest BCUT2D eigenvalue weighted by molar-refractivity contribution is -0.114. The first-order chi connectivity index (χ1) is 7.17. The van der Waals surface area contributed by atoms with Crippen molar-refractivity contribution in [1.29, 1.82) is 0 Å². The van der Waals surface area contributed by atoms with Crippen molar-refractivity contribution in [2.24, 2.45) is 0 Å². The van der Waals surface area contributed by atoms with E-state index in [1.807, 2.05) is 18.2 Å². The number of anilines is 1. The number of ether oxygens (including phenoxy) is 1. The summed E-state index contributed by atoms with van der Waals surface area (Å²) in [5.74, 6) is 0.827. The predicted octanol–water partition coefficient (Wildman–Crippen LogP) is 2.61. The van der Waals surface area contributed by atoms with Crippen molar-refractivity contribution in [1.82, 2.24) is 0 Å². The number of amides is 1. The highest BCUT2D eigenvalue weighted by molar-refractivity contribution is 5.88. The van der Waals surface area contributed by atoms with Crippen LogP contribution in [0.1, 0.15) is 25.8 Å². The Bertz CT molecular complexity index is 347. The number of hydrogen-bond donors (Lipinski definition) is 1. The van der Waals surface area contributed by atoms with Crippen LogP contribution in [0.15, 0.2) is 18.2 Å². The molecule has 15 heavy (non-hydrogen) atoms. The van der Waals surface area contributed by atoms with Gasteiger partial charge in [0.2, 0.25) is 5.91 Å². The van der Waals surface area contributed by atoms with E-state index in [1.54, 1.807) is 7.11 Å². The van der Waals surface area contributed by atoms with Gasteiger partial charge in [0, 0.05) is 12.6 Å². The Hall–Kier alpha value is -1.51. The molecule has 1 amide bonds. The third-order valence-corrected chi connectivity index (χ3v) is 2.12. The number of methoxy groups -OCH3 is 1. The molecule has 0 fully saturated rings. The van der Waals surface area contributed by atoms with Crippen LogP contribution in [0.2, 0.25) is 0 Å². The minimum Gasteiger partial charge on any atom is -0.496 e. The second-order valence-electron chi connectivity index (χ2n) is 3.46. The summed E-state index contributed by atoms with van der Waals surface area (Å²) in [6.45, 7) is 3.62. The molecule has 0 saturated carbocycles. The number of aryl methyl sites for hydroxylation is 1. The quantitative estimate of drug-likeness (QED) is 0.824. The van der Waals surface area contributed by atoms with Crippen molar-refractivity contribution in [2.45, 2.75) is 26.7 Å². The van der Waals surface area contributed by atoms with Crippen molar-refractivity contribution in [3.05, 3.63) is 23.8 Å². The van der Waals surface area contributed by atoms with Crippen LogP contribution in [0.25, 0.3) is 0 Å². The van der Waals surface area contributed by atoms with Crippen LogP contribution >= 0.6 is 0 Å². The van der Waals surface area contributed by atoms with Gasteiger partial charge in [0.15, 0.2) is 0 Å². The second-order valence-corrected chi connectivity index (χ2v) is 3.46. The largest absolute Gasteiger partial charge is 0.496 e. The van der Waals surface area contributed by atoms with Crippen LogP contribution in [-0.4, -0.2) is 13.0 Å². The topological polar surface area (TPSA) is 38.3 Å². The van der Waals surface area contributed by atoms with Gasteiger partial charge in [0.1, 0.15) is 5.75 Å². The molecule has 3 heteroatoms. The first kappa shape index (κ1) is 11.6. The summed E-state index contributed by atoms with van der Waals surface area (Å²) >= 11 is 0. The second kappa shape index (κ2) is 5.39. The van der Waals surface area contributed by atoms with Gasteiger partial charge < -0.3 is 10.1 Å². The lowest BCUT2D eigenvalue weighted by atomic mass is 10.1. The molecule has 0 saturated heterocycles. The van der Waals surface area contributed by atoms with Gasteiger partial charge in [-0.3, -0.25) is 4.79 Å². The Morgan fingerprint density at radius 3 is 2.73 bits per heavy atom. The van der Waals surface area contributed by atoms with Crippen LogP contribution in [-0.2, 0) is 11.2 Å². The number of carbonyl (C=O) groups excluding carboxylic acids is 1. The SMILES string of the molecule is CCCc1cc(NC(C)=O)ccc1OC. The van der Waals surface area contributed by atoms with Crippen molar-refractivity contribution < 1.29 is 9.53 Å². The molecule has 82 valence electrons. The summed E-state index contributed by atoms with van der Waals surface area (Å²) in [5, 5.41) is 2.76. The van der Waals surface area contributed by atoms with E-state index in [2.05, 4.69) is 12.2 Å². The van der Waals surface area contributed by atoms with Crippen molar-refractivity contribution in [3.63, 3.8) is 0 Å². The van der Waals surface area contributed by atoms with E-state index in [4.69, 9.17) is 4.74 Å². The van der Waals surface area contributed by atoms with Gasteiger partial charge in [0.25, 0.3) is 0 Å². The minimum atomic E-state index is -0.0531. The first-order valence-electron chi connectivity index (χ1n) is 5.12. The maximum absolute atomic E-state index is 10.9. The van der Waals surface area contributed by atoms with Gasteiger partial charge in [0.05, 0.1) is 7.11 Å². The molecule has 0 radical (unpaired) electrons. The van der Waals surface area contributed by atoms with E-state index >= 15 is 0 Å². The van der Waals surface area contributed by atoms with Gasteiger partial charge in [-0.05, 0) is 30.2 Å². The van der Waals surface area contributed by atoms with Crippen LogP contribution in [0, 0.1) is 0 Å². The smallest absolute Gasteiger partial charge is 0.221 e. The van der Waals surface area contributed by atoms with E-state index < -0.39 is 0 Å². The molecule has 0 bridgehead atoms. The molecule has 0 aromatic heterocycles. The van der Waals surface area contributed by atoms with Gasteiger partial charge in [-0.25, -0.2) is 0 Å². The number of nitrogens with one attached hydrogen (secondary N) is 1. The molecule has 1 aromatic rings. The number of hydrogen-bond acceptors (Lipinski definition) is 2. The van der Waals surface area contributed by atoms with Crippen LogP contribution in [0.5, 0.6) is 5.75 Å². The van der Waals surface area contributed by atoms with Crippen molar-refractivity contribution >= 4 is 11.6 Å². The molecular formula is C12H17NO2. The van der Waals surface area contributed by atoms with E-state index in [-0.39, 0.29) is 5.91 Å². The summed E-state index contributed by atoms with van der Waals surface area (Å²) < 4.78 is 5.25. The monoisotopic (exact) mass is 207 g/mol. The minimum absolute atomic E-state index is 0.0531. The highest BCUT2D eigenvalue weighted by Crippen LogP contribution is 2.23. The first-order valence-corrected chi connectivity index (χ1v) is 5.12. The number of carbonyl (C=O) groups is 1. The van der Waals surface area contributed by atoms with Crippen molar-refractivity contribution in [2.75, 3.05) is 12.4 Å². The van der Waals surface area contributed by atoms with E-state index in [0.29, 0.717) is 0 Å². The third kappa shape index (κ3) is 3.27. The third-order valence-electron chi connectivity index (χ3n) is 2.12. The predicted molar refractivity (Wildman–Crippen MR) is 61.3 cm³/mol. The lowest BCUT2D eigenvalue weighted by Gasteiger charge is -2.10. The summed E-state index contributed by atoms with van der Waals surface area (Å²) in [7, 11) is 1.66. The zero-order valence-corrected chi connectivity index (χ0v) is 9.46. The van der Waals surface area contributed by atoms with E-state index in [0.717, 1.165) is 29.8 Å². The molecule has 0 atom stereocenters. The molecule has 0 spiro atoms. The van der Waals surface area contributed by atoms with E-state index in [1.165, 1.54) is 6.92 Å². The Morgan fingerprint density at radius 1 is 1.47 bits per heavy atom. The molecule has 1 N–H and O–H groups in total. The Labute approximate surface area is 90.4 Å². The van der Waals surface area contributed by atoms with Gasteiger partial charge in [-0.1, -0.05) is 13.3 Å². The summed E-state index contributed by atoms with van der Waals surface area (Å²) in [5.41, 5.74) is 1.96. The van der Waals surface area contributed by atoms with Gasteiger partial charge in [-0.15, -0.1) is 0 Å². The molecule has 0 aliphatic carbocycles. The Balaban J connectivity index is 2.93. The molecule has 0 heterocycles. The fourth-order valence-electron chi connectivity index (χ4n) is 1.52. The summed E-state index contributed by atoms with van der Waals surface area (Å²) in [6.07, 6.45) is 2.01. The molecule has 0 aliphatic heterocycles. The maximum atomic E-state index is 10.9.